The van der Waals surface area contributed by atoms with E-state index in [1.165, 1.54) is 11.8 Å². The Labute approximate surface area is 179 Å². The van der Waals surface area contributed by atoms with Crippen molar-refractivity contribution in [3.05, 3.63) is 29.8 Å². The summed E-state index contributed by atoms with van der Waals surface area (Å²) < 4.78 is 7.34. The molecule has 7 nitrogen and oxygen atoms in total. The smallest absolute Gasteiger partial charge is 0.231 e. The van der Waals surface area contributed by atoms with Gasteiger partial charge in [-0.3, -0.25) is 9.20 Å². The fourth-order valence-electron chi connectivity index (χ4n) is 4.15. The van der Waals surface area contributed by atoms with E-state index in [0.29, 0.717) is 5.16 Å². The Morgan fingerprint density at radius 3 is 2.73 bits per heavy atom. The lowest BCUT2D eigenvalue weighted by atomic mass is 9.92. The first-order chi connectivity index (χ1) is 14.5. The topological polar surface area (TPSA) is 92.3 Å². The number of nitrogens with zero attached hydrogens (tertiary/aromatic N) is 4. The Balaban J connectivity index is 1.58. The van der Waals surface area contributed by atoms with Crippen LogP contribution in [0.25, 0.3) is 16.6 Å². The van der Waals surface area contributed by atoms with Gasteiger partial charge in [0.15, 0.2) is 10.8 Å². The number of carbonyl (C=O) groups excluding carboxylic acids is 1. The molecular weight excluding hydrogens is 398 g/mol. The summed E-state index contributed by atoms with van der Waals surface area (Å²) in [6.07, 6.45) is 5.63. The number of thioether (sulfide) groups is 1. The Hall–Kier alpha value is -2.79. The second-order valence-corrected chi connectivity index (χ2v) is 8.77. The average molecular weight is 424 g/mol. The number of rotatable bonds is 5. The van der Waals surface area contributed by atoms with E-state index in [-0.39, 0.29) is 11.7 Å². The molecular formula is C22H25N5O2S. The fraction of sp³-hybridized carbons (Fsp3) is 0.455. The molecule has 2 heterocycles. The molecule has 0 spiro atoms. The minimum Gasteiger partial charge on any atom is -0.497 e. The van der Waals surface area contributed by atoms with Gasteiger partial charge in [-0.15, -0.1) is 10.2 Å². The van der Waals surface area contributed by atoms with E-state index in [1.807, 2.05) is 35.6 Å². The van der Waals surface area contributed by atoms with Gasteiger partial charge in [0.1, 0.15) is 11.3 Å². The quantitative estimate of drug-likeness (QED) is 0.492. The number of hydrogen-bond donors (Lipinski definition) is 1. The van der Waals surface area contributed by atoms with Crippen molar-refractivity contribution in [1.82, 2.24) is 19.9 Å². The van der Waals surface area contributed by atoms with Crippen LogP contribution in [0.2, 0.25) is 0 Å². The average Bonchev–Trinajstić information content (AvgIpc) is 3.02. The van der Waals surface area contributed by atoms with Gasteiger partial charge in [0.25, 0.3) is 0 Å². The van der Waals surface area contributed by atoms with E-state index in [4.69, 9.17) is 4.74 Å². The predicted molar refractivity (Wildman–Crippen MR) is 117 cm³/mol. The number of methoxy groups -OCH3 is 1. The van der Waals surface area contributed by atoms with Crippen LogP contribution in [-0.4, -0.2) is 38.9 Å². The van der Waals surface area contributed by atoms with Crippen LogP contribution < -0.4 is 10.1 Å². The Morgan fingerprint density at radius 1 is 1.27 bits per heavy atom. The molecule has 156 valence electrons. The second kappa shape index (κ2) is 8.52. The first kappa shape index (κ1) is 20.5. The number of pyridine rings is 1. The highest BCUT2D eigenvalue weighted by atomic mass is 32.2. The minimum atomic E-state index is -0.738. The Kier molecular flexibility index (Phi) is 5.82. The van der Waals surface area contributed by atoms with Crippen LogP contribution in [0.3, 0.4) is 0 Å². The number of amides is 1. The van der Waals surface area contributed by atoms with E-state index >= 15 is 0 Å². The van der Waals surface area contributed by atoms with Gasteiger partial charge in [0.2, 0.25) is 5.91 Å². The van der Waals surface area contributed by atoms with Crippen LogP contribution in [0, 0.1) is 18.3 Å². The van der Waals surface area contributed by atoms with Crippen LogP contribution in [0.1, 0.15) is 44.1 Å². The van der Waals surface area contributed by atoms with Gasteiger partial charge in [-0.25, -0.2) is 0 Å². The molecule has 1 N–H and O–H groups in total. The molecule has 0 unspecified atom stereocenters. The van der Waals surface area contributed by atoms with Crippen molar-refractivity contribution >= 4 is 34.2 Å². The molecule has 3 aromatic rings. The van der Waals surface area contributed by atoms with E-state index in [0.717, 1.165) is 66.4 Å². The lowest BCUT2D eigenvalue weighted by Gasteiger charge is -2.26. The maximum absolute atomic E-state index is 12.7. The maximum atomic E-state index is 12.7. The first-order valence-corrected chi connectivity index (χ1v) is 11.2. The summed E-state index contributed by atoms with van der Waals surface area (Å²) in [6.45, 7) is 2.04. The number of ether oxygens (including phenoxy) is 1. The van der Waals surface area contributed by atoms with E-state index in [9.17, 15) is 10.1 Å². The van der Waals surface area contributed by atoms with E-state index < -0.39 is 5.54 Å². The summed E-state index contributed by atoms with van der Waals surface area (Å²) in [6, 6.07) is 10.3. The molecule has 1 fully saturated rings. The molecule has 0 bridgehead atoms. The summed E-state index contributed by atoms with van der Waals surface area (Å²) in [5.41, 5.74) is 2.03. The van der Waals surface area contributed by atoms with Crippen LogP contribution in [0.4, 0.5) is 0 Å². The zero-order valence-electron chi connectivity index (χ0n) is 17.3. The Bertz CT molecular complexity index is 1130. The van der Waals surface area contributed by atoms with Gasteiger partial charge in [-0.1, -0.05) is 37.4 Å². The van der Waals surface area contributed by atoms with Gasteiger partial charge in [0, 0.05) is 11.5 Å². The molecule has 0 radical (unpaired) electrons. The molecule has 1 aliphatic rings. The molecule has 1 aliphatic carbocycles. The summed E-state index contributed by atoms with van der Waals surface area (Å²) in [4.78, 5) is 12.7. The van der Waals surface area contributed by atoms with Crippen molar-refractivity contribution in [3.63, 3.8) is 0 Å². The molecule has 0 atom stereocenters. The molecule has 8 heteroatoms. The SMILES string of the molecule is COc1ccc2c(C)cc3nnc(SCC(=O)NC4(C#N)CCCCCC4)n3c2c1. The number of aryl methyl sites for hydroxylation is 1. The van der Waals surface area contributed by atoms with Crippen LogP contribution in [0.15, 0.2) is 29.4 Å². The van der Waals surface area contributed by atoms with E-state index in [1.54, 1.807) is 7.11 Å². The third-order valence-corrected chi connectivity index (χ3v) is 6.69. The highest BCUT2D eigenvalue weighted by Gasteiger charge is 2.32. The molecule has 30 heavy (non-hydrogen) atoms. The van der Waals surface area contributed by atoms with Crippen LogP contribution >= 0.6 is 11.8 Å². The minimum absolute atomic E-state index is 0.144. The fourth-order valence-corrected chi connectivity index (χ4v) is 4.90. The molecule has 1 aromatic carbocycles. The highest BCUT2D eigenvalue weighted by molar-refractivity contribution is 7.99. The number of carbonyl (C=O) groups is 1. The largest absolute Gasteiger partial charge is 0.497 e. The summed E-state index contributed by atoms with van der Waals surface area (Å²) in [5.74, 6) is 0.791. The zero-order valence-corrected chi connectivity index (χ0v) is 18.1. The first-order valence-electron chi connectivity index (χ1n) is 10.2. The van der Waals surface area contributed by atoms with Crippen molar-refractivity contribution in [3.8, 4) is 11.8 Å². The molecule has 1 amide bonds. The second-order valence-electron chi connectivity index (χ2n) is 7.83. The van der Waals surface area contributed by atoms with Gasteiger partial charge in [0.05, 0.1) is 24.4 Å². The van der Waals surface area contributed by atoms with Crippen LogP contribution in [0.5, 0.6) is 5.75 Å². The molecule has 2 aromatic heterocycles. The van der Waals surface area contributed by atoms with Crippen molar-refractivity contribution in [2.75, 3.05) is 12.9 Å². The highest BCUT2D eigenvalue weighted by Crippen LogP contribution is 2.29. The van der Waals surface area contributed by atoms with Crippen molar-refractivity contribution in [2.24, 2.45) is 0 Å². The van der Waals surface area contributed by atoms with Gasteiger partial charge in [-0.2, -0.15) is 5.26 Å². The number of benzene rings is 1. The Morgan fingerprint density at radius 2 is 2.03 bits per heavy atom. The molecule has 0 aliphatic heterocycles. The zero-order chi connectivity index (χ0) is 21.1. The molecule has 0 saturated heterocycles. The van der Waals surface area contributed by atoms with Crippen LogP contribution in [-0.2, 0) is 4.79 Å². The lowest BCUT2D eigenvalue weighted by molar-refractivity contribution is -0.120. The van der Waals surface area contributed by atoms with Gasteiger partial charge < -0.3 is 10.1 Å². The number of nitriles is 1. The summed E-state index contributed by atoms with van der Waals surface area (Å²) >= 11 is 1.33. The summed E-state index contributed by atoms with van der Waals surface area (Å²) in [7, 11) is 1.64. The number of aromatic nitrogens is 3. The van der Waals surface area contributed by atoms with Gasteiger partial charge in [-0.05, 0) is 43.5 Å². The summed E-state index contributed by atoms with van der Waals surface area (Å²) in [5, 5.41) is 23.0. The van der Waals surface area contributed by atoms with Crippen molar-refractivity contribution < 1.29 is 9.53 Å². The number of fused-ring (bicyclic) bond motifs is 3. The number of nitrogens with one attached hydrogen (secondary N) is 1. The lowest BCUT2D eigenvalue weighted by Crippen LogP contribution is -2.47. The standard InChI is InChI=1S/C22H25N5O2S/c1-15-11-19-25-26-21(27(19)18-12-16(29-2)7-8-17(15)18)30-13-20(28)24-22(14-23)9-5-3-4-6-10-22/h7-8,11-12H,3-6,9-10,13H2,1-2H3,(H,24,28). The van der Waals surface area contributed by atoms with E-state index in [2.05, 4.69) is 21.6 Å². The maximum Gasteiger partial charge on any atom is 0.231 e. The number of hydrogen-bond acceptors (Lipinski definition) is 6. The van der Waals surface area contributed by atoms with Gasteiger partial charge >= 0.3 is 0 Å². The van der Waals surface area contributed by atoms with Crippen molar-refractivity contribution in [1.29, 1.82) is 5.26 Å². The third-order valence-electron chi connectivity index (χ3n) is 5.76. The molecule has 1 saturated carbocycles. The monoisotopic (exact) mass is 423 g/mol. The van der Waals surface area contributed by atoms with Crippen molar-refractivity contribution in [2.45, 2.75) is 56.1 Å². The molecule has 4 rings (SSSR count). The third kappa shape index (κ3) is 3.94. The normalized spacial score (nSPS) is 16.2. The predicted octanol–water partition coefficient (Wildman–Crippen LogP) is 4.02.